The predicted molar refractivity (Wildman–Crippen MR) is 64.9 cm³/mol. The van der Waals surface area contributed by atoms with Gasteiger partial charge in [-0.15, -0.1) is 12.1 Å². The summed E-state index contributed by atoms with van der Waals surface area (Å²) in [7, 11) is 0. The van der Waals surface area contributed by atoms with Crippen LogP contribution < -0.4 is 4.74 Å². The average molecular weight is 347 g/mol. The third kappa shape index (κ3) is 4.97. The Morgan fingerprint density at radius 3 is 2.53 bits per heavy atom. The molecule has 0 aliphatic rings. The van der Waals surface area contributed by atoms with E-state index in [9.17, 15) is 4.39 Å². The van der Waals surface area contributed by atoms with Crippen molar-refractivity contribution in [1.82, 2.24) is 0 Å². The van der Waals surface area contributed by atoms with Gasteiger partial charge in [0.15, 0.2) is 0 Å². The Balaban J connectivity index is 0.000000686. The average Bonchev–Trinajstić information content (AvgIpc) is 2.41. The Labute approximate surface area is 117 Å². The summed E-state index contributed by atoms with van der Waals surface area (Å²) in [4.78, 5) is 0. The van der Waals surface area contributed by atoms with Crippen LogP contribution in [0.3, 0.4) is 0 Å². The number of rotatable bonds is 3. The van der Waals surface area contributed by atoms with Crippen molar-refractivity contribution in [1.29, 1.82) is 0 Å². The molecule has 1 nitrogen and oxygen atoms in total. The molecule has 0 fully saturated rings. The van der Waals surface area contributed by atoms with Gasteiger partial charge in [-0.2, -0.15) is 12.1 Å². The van der Waals surface area contributed by atoms with Crippen molar-refractivity contribution in [3.8, 4) is 5.75 Å². The summed E-state index contributed by atoms with van der Waals surface area (Å²) in [5.74, 6) is -0.119. The molecular weight excluding hydrogens is 336 g/mol. The maximum absolute atomic E-state index is 13.1. The summed E-state index contributed by atoms with van der Waals surface area (Å²) in [6.45, 7) is 0.377. The van der Waals surface area contributed by atoms with Gasteiger partial charge in [-0.3, -0.25) is 4.39 Å². The second-order valence-electron chi connectivity index (χ2n) is 3.13. The van der Waals surface area contributed by atoms with Crippen molar-refractivity contribution < 1.29 is 25.5 Å². The van der Waals surface area contributed by atoms with E-state index in [0.717, 1.165) is 5.56 Å². The quantitative estimate of drug-likeness (QED) is 0.602. The molecule has 17 heavy (non-hydrogen) atoms. The second kappa shape index (κ2) is 8.38. The van der Waals surface area contributed by atoms with E-state index in [1.54, 1.807) is 12.1 Å². The van der Waals surface area contributed by atoms with Gasteiger partial charge in [0, 0.05) is 11.6 Å². The van der Waals surface area contributed by atoms with Crippen LogP contribution in [0, 0.1) is 11.9 Å². The molecular formula is C13H10BrFOZn. The van der Waals surface area contributed by atoms with Gasteiger partial charge in [0.05, 0.1) is 0 Å². The zero-order valence-corrected chi connectivity index (χ0v) is 13.8. The Morgan fingerprint density at radius 2 is 1.88 bits per heavy atom. The van der Waals surface area contributed by atoms with E-state index in [2.05, 4.69) is 19.7 Å². The predicted octanol–water partition coefficient (Wildman–Crippen LogP) is 4.05. The summed E-state index contributed by atoms with van der Waals surface area (Å²) in [6, 6.07) is 16.8. The van der Waals surface area contributed by atoms with Crippen LogP contribution in [-0.4, -0.2) is 0 Å². The normalized spacial score (nSPS) is 9.18. The molecule has 0 aromatic heterocycles. The Kier molecular flexibility index (Phi) is 7.06. The molecule has 0 spiro atoms. The zero-order chi connectivity index (χ0) is 12.5. The van der Waals surface area contributed by atoms with Crippen LogP contribution in [0.5, 0.6) is 5.75 Å². The van der Waals surface area contributed by atoms with Gasteiger partial charge in [0.2, 0.25) is 0 Å². The van der Waals surface area contributed by atoms with Crippen LogP contribution in [-0.2, 0) is 22.9 Å². The van der Waals surface area contributed by atoms with E-state index in [4.69, 9.17) is 4.74 Å². The molecule has 0 unspecified atom stereocenters. The fourth-order valence-electron chi connectivity index (χ4n) is 1.25. The van der Waals surface area contributed by atoms with Crippen LogP contribution in [0.25, 0.3) is 0 Å². The van der Waals surface area contributed by atoms with Crippen molar-refractivity contribution in [2.75, 3.05) is 0 Å². The van der Waals surface area contributed by atoms with E-state index in [-0.39, 0.29) is 11.6 Å². The molecule has 0 atom stereocenters. The van der Waals surface area contributed by atoms with Gasteiger partial charge in [0.1, 0.15) is 6.61 Å². The van der Waals surface area contributed by atoms with Crippen LogP contribution in [0.4, 0.5) is 4.39 Å². The molecule has 0 N–H and O–H groups in total. The Hall–Kier alpha value is -0.727. The SMILES string of the molecule is Fc1c[c-]ccc1OCc1ccccc1.[Zn+][Br]. The summed E-state index contributed by atoms with van der Waals surface area (Å²) in [5.41, 5.74) is 1.02. The Bertz CT molecular complexity index is 436. The summed E-state index contributed by atoms with van der Waals surface area (Å²) < 4.78 is 18.5. The molecule has 4 heteroatoms. The van der Waals surface area contributed by atoms with E-state index in [1.807, 2.05) is 30.3 Å². The van der Waals surface area contributed by atoms with E-state index in [0.29, 0.717) is 6.61 Å². The fourth-order valence-corrected chi connectivity index (χ4v) is 1.25. The van der Waals surface area contributed by atoms with E-state index >= 15 is 0 Å². The number of halogens is 2. The summed E-state index contributed by atoms with van der Waals surface area (Å²) in [5, 5.41) is 0. The first-order valence-corrected chi connectivity index (χ1v) is 11.9. The maximum atomic E-state index is 13.1. The van der Waals surface area contributed by atoms with E-state index < -0.39 is 0 Å². The first-order valence-electron chi connectivity index (χ1n) is 4.95. The van der Waals surface area contributed by atoms with Crippen LogP contribution in [0.15, 0.2) is 48.5 Å². The molecule has 0 bridgehead atoms. The molecule has 0 aliphatic carbocycles. The molecule has 0 radical (unpaired) electrons. The molecule has 0 heterocycles. The number of hydrogen-bond acceptors (Lipinski definition) is 1. The topological polar surface area (TPSA) is 9.23 Å². The van der Waals surface area contributed by atoms with Crippen molar-refractivity contribution in [3.63, 3.8) is 0 Å². The van der Waals surface area contributed by atoms with Gasteiger partial charge in [-0.25, -0.2) is 0 Å². The molecule has 2 rings (SSSR count). The zero-order valence-electron chi connectivity index (χ0n) is 9.20. The van der Waals surface area contributed by atoms with Gasteiger partial charge in [0.25, 0.3) is 0 Å². The molecule has 2 aromatic carbocycles. The van der Waals surface area contributed by atoms with Crippen molar-refractivity contribution in [3.05, 3.63) is 66.0 Å². The van der Waals surface area contributed by atoms with Gasteiger partial charge in [-0.05, 0) is 5.56 Å². The van der Waals surface area contributed by atoms with Crippen molar-refractivity contribution in [2.45, 2.75) is 6.61 Å². The van der Waals surface area contributed by atoms with Gasteiger partial charge >= 0.3 is 30.0 Å². The van der Waals surface area contributed by atoms with Gasteiger partial charge in [-0.1, -0.05) is 30.3 Å². The molecule has 2 aromatic rings. The molecule has 0 saturated heterocycles. The first kappa shape index (κ1) is 14.3. The van der Waals surface area contributed by atoms with Crippen LogP contribution in [0.2, 0.25) is 0 Å². The van der Waals surface area contributed by atoms with Crippen molar-refractivity contribution >= 4 is 13.6 Å². The van der Waals surface area contributed by atoms with E-state index in [1.165, 1.54) is 22.4 Å². The standard InChI is InChI=1S/C13H10FO.BrH.Zn/c14-12-8-4-5-9-13(12)15-10-11-6-2-1-3-7-11;;/h1-3,5-9H,10H2;1H;/q-1;;+2/p-1. The second-order valence-corrected chi connectivity index (χ2v) is 3.13. The number of benzene rings is 2. The molecule has 84 valence electrons. The molecule has 0 saturated carbocycles. The third-order valence-corrected chi connectivity index (χ3v) is 2.01. The fraction of sp³-hybridized carbons (Fsp3) is 0.0769. The van der Waals surface area contributed by atoms with Crippen LogP contribution >= 0.6 is 13.6 Å². The Morgan fingerprint density at radius 1 is 1.18 bits per heavy atom. The molecule has 0 aliphatic heterocycles. The number of ether oxygens (including phenoxy) is 1. The minimum atomic E-state index is -0.381. The monoisotopic (exact) mass is 344 g/mol. The molecule has 0 amide bonds. The first-order chi connectivity index (χ1) is 8.36. The minimum absolute atomic E-state index is 0.262. The van der Waals surface area contributed by atoms with Gasteiger partial charge < -0.3 is 4.74 Å². The van der Waals surface area contributed by atoms with Crippen LogP contribution in [0.1, 0.15) is 5.56 Å². The third-order valence-electron chi connectivity index (χ3n) is 2.01. The number of hydrogen-bond donors (Lipinski definition) is 0. The summed E-state index contributed by atoms with van der Waals surface area (Å²) >= 11 is 4.25. The van der Waals surface area contributed by atoms with Crippen molar-refractivity contribution in [2.24, 2.45) is 0 Å². The summed E-state index contributed by atoms with van der Waals surface area (Å²) in [6.07, 6.45) is 0.